The number of aliphatic hydroxyl groups is 12. The molecule has 16 nitrogen and oxygen atoms in total. The first-order chi connectivity index (χ1) is 15.4. The van der Waals surface area contributed by atoms with Crippen molar-refractivity contribution in [2.24, 2.45) is 0 Å². The first-order valence-corrected chi connectivity index (χ1v) is 9.81. The van der Waals surface area contributed by atoms with Crippen molar-refractivity contribution in [1.82, 2.24) is 0 Å². The Balaban J connectivity index is 0.000000461. The summed E-state index contributed by atoms with van der Waals surface area (Å²) in [5.74, 6) is 0. The SMILES string of the molecule is O=C[C@H](O)[C@@H](O)[C@H](O)CO.OC[C@H]1O[C@@H](O[C@H]2[C@H](O)[C@@H](O)C(O)O[C@@H]2CO)[C@H](O)[C@@H](O)[C@H]1O. The van der Waals surface area contributed by atoms with Gasteiger partial charge in [0.25, 0.3) is 0 Å². The van der Waals surface area contributed by atoms with Gasteiger partial charge in [-0.2, -0.15) is 0 Å². The Morgan fingerprint density at radius 3 is 1.82 bits per heavy atom. The maximum atomic E-state index is 9.94. The number of carbonyl (C=O) groups is 1. The highest BCUT2D eigenvalue weighted by atomic mass is 16.7. The average Bonchev–Trinajstić information content (AvgIpc) is 2.82. The topological polar surface area (TPSA) is 288 Å². The minimum atomic E-state index is -1.74. The summed E-state index contributed by atoms with van der Waals surface area (Å²) in [7, 11) is 0. The van der Waals surface area contributed by atoms with E-state index in [1.165, 1.54) is 0 Å². The molecule has 0 amide bonds. The van der Waals surface area contributed by atoms with Crippen LogP contribution < -0.4 is 0 Å². The van der Waals surface area contributed by atoms with Gasteiger partial charge < -0.3 is 80.3 Å². The number of aliphatic hydroxyl groups excluding tert-OH is 12. The third-order valence-electron chi connectivity index (χ3n) is 5.05. The second kappa shape index (κ2) is 13.8. The van der Waals surface area contributed by atoms with Gasteiger partial charge in [0.2, 0.25) is 0 Å². The summed E-state index contributed by atoms with van der Waals surface area (Å²) in [6.07, 6.45) is -20.2. The van der Waals surface area contributed by atoms with Gasteiger partial charge in [-0.05, 0) is 0 Å². The van der Waals surface area contributed by atoms with Gasteiger partial charge in [0.1, 0.15) is 67.1 Å². The fraction of sp³-hybridized carbons (Fsp3) is 0.941. The van der Waals surface area contributed by atoms with E-state index in [-0.39, 0.29) is 6.29 Å². The van der Waals surface area contributed by atoms with Crippen LogP contribution in [0.3, 0.4) is 0 Å². The van der Waals surface area contributed by atoms with Crippen LogP contribution in [0.2, 0.25) is 0 Å². The van der Waals surface area contributed by atoms with Gasteiger partial charge in [0.05, 0.1) is 19.8 Å². The molecular weight excluding hydrogens is 460 g/mol. The fourth-order valence-corrected chi connectivity index (χ4v) is 2.99. The van der Waals surface area contributed by atoms with E-state index in [4.69, 9.17) is 39.7 Å². The molecule has 196 valence electrons. The summed E-state index contributed by atoms with van der Waals surface area (Å²) in [4.78, 5) is 9.76. The maximum absolute atomic E-state index is 9.94. The first kappa shape index (κ1) is 30.1. The van der Waals surface area contributed by atoms with Crippen LogP contribution >= 0.6 is 0 Å². The molecule has 1 unspecified atom stereocenters. The Bertz CT molecular complexity index is 563. The van der Waals surface area contributed by atoms with Gasteiger partial charge in [-0.1, -0.05) is 0 Å². The second-order valence-electron chi connectivity index (χ2n) is 7.39. The van der Waals surface area contributed by atoms with Gasteiger partial charge in [0, 0.05) is 0 Å². The molecule has 33 heavy (non-hydrogen) atoms. The van der Waals surface area contributed by atoms with Crippen LogP contribution in [0.4, 0.5) is 0 Å². The maximum Gasteiger partial charge on any atom is 0.187 e. The van der Waals surface area contributed by atoms with Crippen molar-refractivity contribution < 1.29 is 80.3 Å². The molecule has 0 bridgehead atoms. The molecule has 13 atom stereocenters. The van der Waals surface area contributed by atoms with E-state index >= 15 is 0 Å². The van der Waals surface area contributed by atoms with E-state index in [2.05, 4.69) is 0 Å². The predicted octanol–water partition coefficient (Wildman–Crippen LogP) is -8.14. The Morgan fingerprint density at radius 2 is 1.33 bits per heavy atom. The number of hydrogen-bond acceptors (Lipinski definition) is 16. The number of rotatable bonds is 8. The van der Waals surface area contributed by atoms with Crippen LogP contribution in [0.5, 0.6) is 0 Å². The highest BCUT2D eigenvalue weighted by Gasteiger charge is 2.50. The van der Waals surface area contributed by atoms with Crippen LogP contribution in [0, 0.1) is 0 Å². The first-order valence-electron chi connectivity index (χ1n) is 9.81. The normalized spacial score (nSPS) is 41.9. The molecule has 0 spiro atoms. The minimum Gasteiger partial charge on any atom is -0.394 e. The van der Waals surface area contributed by atoms with Gasteiger partial charge >= 0.3 is 0 Å². The van der Waals surface area contributed by atoms with Crippen molar-refractivity contribution in [3.63, 3.8) is 0 Å². The molecule has 0 aliphatic carbocycles. The summed E-state index contributed by atoms with van der Waals surface area (Å²) >= 11 is 0. The Kier molecular flexibility index (Phi) is 12.6. The van der Waals surface area contributed by atoms with E-state index in [1.807, 2.05) is 0 Å². The quantitative estimate of drug-likeness (QED) is 0.140. The molecule has 2 fully saturated rings. The van der Waals surface area contributed by atoms with Crippen LogP contribution in [0.1, 0.15) is 0 Å². The molecule has 0 aromatic heterocycles. The average molecular weight is 492 g/mol. The minimum absolute atomic E-state index is 0.0869. The second-order valence-corrected chi connectivity index (χ2v) is 7.39. The fourth-order valence-electron chi connectivity index (χ4n) is 2.99. The zero-order valence-corrected chi connectivity index (χ0v) is 17.2. The number of aldehydes is 1. The summed E-state index contributed by atoms with van der Waals surface area (Å²) in [6.45, 7) is -2.03. The molecule has 0 aromatic rings. The number of carbonyl (C=O) groups excluding carboxylic acids is 1. The van der Waals surface area contributed by atoms with Crippen molar-refractivity contribution >= 4 is 6.29 Å². The van der Waals surface area contributed by atoms with Crippen molar-refractivity contribution in [1.29, 1.82) is 0 Å². The highest BCUT2D eigenvalue weighted by molar-refractivity contribution is 5.56. The summed E-state index contributed by atoms with van der Waals surface area (Å²) in [6, 6.07) is 0. The van der Waals surface area contributed by atoms with Gasteiger partial charge in [0.15, 0.2) is 18.9 Å². The molecule has 12 N–H and O–H groups in total. The zero-order valence-electron chi connectivity index (χ0n) is 17.2. The lowest BCUT2D eigenvalue weighted by Gasteiger charge is -2.45. The zero-order chi connectivity index (χ0) is 25.5. The summed E-state index contributed by atoms with van der Waals surface area (Å²) in [5.41, 5.74) is 0. The molecule has 2 aliphatic rings. The molecule has 0 saturated carbocycles. The highest BCUT2D eigenvalue weighted by Crippen LogP contribution is 2.28. The van der Waals surface area contributed by atoms with Gasteiger partial charge in [-0.3, -0.25) is 0 Å². The summed E-state index contributed by atoms with van der Waals surface area (Å²) < 4.78 is 15.3. The van der Waals surface area contributed by atoms with Crippen molar-refractivity contribution in [3.8, 4) is 0 Å². The van der Waals surface area contributed by atoms with Gasteiger partial charge in [-0.15, -0.1) is 0 Å². The molecule has 2 aliphatic heterocycles. The summed E-state index contributed by atoms with van der Waals surface area (Å²) in [5, 5.41) is 111. The molecule has 2 saturated heterocycles. The number of hydrogen-bond donors (Lipinski definition) is 12. The van der Waals surface area contributed by atoms with Crippen LogP contribution in [0.15, 0.2) is 0 Å². The standard InChI is InChI=1S/C12H22O11.C5H10O5/c13-1-3-5(15)6(16)9(19)12(22-3)23-10-4(2-14)21-11(20)8(18)7(10)17;6-1-3(8)5(10)4(9)2-7/h3-20H,1-2H2;1,3-5,7-10H,2H2/t3-,4-,5+,6+,7-,8-,9-,10-,11?,12+;3-,4+,5+/m10/s1. The van der Waals surface area contributed by atoms with E-state index in [0.717, 1.165) is 0 Å². The Labute approximate surface area is 187 Å². The third kappa shape index (κ3) is 7.52. The van der Waals surface area contributed by atoms with Crippen molar-refractivity contribution in [3.05, 3.63) is 0 Å². The van der Waals surface area contributed by atoms with Crippen molar-refractivity contribution in [2.75, 3.05) is 19.8 Å². The molecule has 2 heterocycles. The lowest BCUT2D eigenvalue weighted by atomic mass is 9.97. The molecular formula is C17H32O16. The van der Waals surface area contributed by atoms with Crippen LogP contribution in [0.25, 0.3) is 0 Å². The molecule has 16 heteroatoms. The smallest absolute Gasteiger partial charge is 0.187 e. The van der Waals surface area contributed by atoms with Crippen molar-refractivity contribution in [2.45, 2.75) is 79.7 Å². The third-order valence-corrected chi connectivity index (χ3v) is 5.05. The van der Waals surface area contributed by atoms with E-state index in [0.29, 0.717) is 0 Å². The largest absolute Gasteiger partial charge is 0.394 e. The van der Waals surface area contributed by atoms with E-state index < -0.39 is 99.5 Å². The Morgan fingerprint density at radius 1 is 0.758 bits per heavy atom. The predicted molar refractivity (Wildman–Crippen MR) is 99.8 cm³/mol. The lowest BCUT2D eigenvalue weighted by molar-refractivity contribution is -0.355. The van der Waals surface area contributed by atoms with E-state index in [1.54, 1.807) is 0 Å². The lowest BCUT2D eigenvalue weighted by Crippen LogP contribution is -2.64. The number of ether oxygens (including phenoxy) is 3. The molecule has 0 radical (unpaired) electrons. The Hall–Kier alpha value is -0.930. The van der Waals surface area contributed by atoms with Gasteiger partial charge in [-0.25, -0.2) is 0 Å². The molecule has 2 rings (SSSR count). The van der Waals surface area contributed by atoms with E-state index in [9.17, 15) is 40.5 Å². The monoisotopic (exact) mass is 492 g/mol. The van der Waals surface area contributed by atoms with Crippen LogP contribution in [-0.4, -0.2) is 167 Å². The van der Waals surface area contributed by atoms with Crippen LogP contribution in [-0.2, 0) is 19.0 Å². The molecule has 0 aromatic carbocycles.